The zero-order chi connectivity index (χ0) is 11.4. The van der Waals surface area contributed by atoms with Gasteiger partial charge in [-0.1, -0.05) is 17.7 Å². The van der Waals surface area contributed by atoms with Crippen LogP contribution in [0.5, 0.6) is 0 Å². The first-order valence-corrected chi connectivity index (χ1v) is 4.67. The lowest BCUT2D eigenvalue weighted by Crippen LogP contribution is -2.24. The van der Waals surface area contributed by atoms with Gasteiger partial charge in [-0.2, -0.15) is 5.10 Å². The Labute approximate surface area is 89.2 Å². The van der Waals surface area contributed by atoms with E-state index in [1.807, 2.05) is 20.8 Å². The number of carbonyl (C=O) groups is 1. The maximum absolute atomic E-state index is 10.4. The third-order valence-corrected chi connectivity index (χ3v) is 2.11. The minimum Gasteiger partial charge on any atom is -0.350 e. The van der Waals surface area contributed by atoms with E-state index in [1.54, 1.807) is 6.21 Å². The molecule has 0 aliphatic heterocycles. The van der Waals surface area contributed by atoms with Crippen LogP contribution in [0.3, 0.4) is 0 Å². The Kier molecular flexibility index (Phi) is 3.44. The topological polar surface area (TPSA) is 67.5 Å². The Balaban J connectivity index is 2.94. The van der Waals surface area contributed by atoms with E-state index < -0.39 is 6.03 Å². The number of hydrazone groups is 1. The molecule has 0 unspecified atom stereocenters. The molecule has 15 heavy (non-hydrogen) atoms. The van der Waals surface area contributed by atoms with E-state index in [2.05, 4.69) is 22.7 Å². The monoisotopic (exact) mass is 205 g/mol. The number of hydrogen-bond donors (Lipinski definition) is 2. The Morgan fingerprint density at radius 1 is 1.33 bits per heavy atom. The minimum absolute atomic E-state index is 0.659. The summed E-state index contributed by atoms with van der Waals surface area (Å²) in [7, 11) is 0. The van der Waals surface area contributed by atoms with E-state index in [1.165, 1.54) is 5.56 Å². The lowest BCUT2D eigenvalue weighted by molar-refractivity contribution is 0.249. The molecule has 2 amide bonds. The molecule has 0 spiro atoms. The van der Waals surface area contributed by atoms with Gasteiger partial charge in [-0.05, 0) is 31.9 Å². The van der Waals surface area contributed by atoms with Gasteiger partial charge in [0.25, 0.3) is 0 Å². The van der Waals surface area contributed by atoms with E-state index in [-0.39, 0.29) is 0 Å². The molecular formula is C11H15N3O. The molecule has 0 bridgehead atoms. The molecule has 0 radical (unpaired) electrons. The highest BCUT2D eigenvalue weighted by Crippen LogP contribution is 2.13. The predicted octanol–water partition coefficient (Wildman–Crippen LogP) is 1.61. The first kappa shape index (κ1) is 11.2. The molecule has 0 aliphatic rings. The normalized spacial score (nSPS) is 10.6. The van der Waals surface area contributed by atoms with Crippen LogP contribution in [0, 0.1) is 20.8 Å². The van der Waals surface area contributed by atoms with Crippen molar-refractivity contribution in [2.75, 3.05) is 0 Å². The number of nitrogens with one attached hydrogen (secondary N) is 1. The third kappa shape index (κ3) is 3.09. The van der Waals surface area contributed by atoms with Gasteiger partial charge in [0.15, 0.2) is 0 Å². The molecule has 4 nitrogen and oxygen atoms in total. The predicted molar refractivity (Wildman–Crippen MR) is 61.0 cm³/mol. The van der Waals surface area contributed by atoms with Gasteiger partial charge in [0.05, 0.1) is 6.21 Å². The highest BCUT2D eigenvalue weighted by atomic mass is 16.2. The summed E-state index contributed by atoms with van der Waals surface area (Å²) in [6, 6.07) is 3.48. The van der Waals surface area contributed by atoms with Gasteiger partial charge < -0.3 is 5.73 Å². The second kappa shape index (κ2) is 4.59. The number of aryl methyl sites for hydroxylation is 3. The van der Waals surface area contributed by atoms with Crippen molar-refractivity contribution in [1.29, 1.82) is 0 Å². The Morgan fingerprint density at radius 3 is 2.33 bits per heavy atom. The number of rotatable bonds is 2. The molecule has 1 rings (SSSR count). The molecule has 0 heterocycles. The largest absolute Gasteiger partial charge is 0.350 e. The van der Waals surface area contributed by atoms with Crippen molar-refractivity contribution in [2.45, 2.75) is 20.8 Å². The maximum atomic E-state index is 10.4. The molecule has 0 aliphatic carbocycles. The first-order chi connectivity index (χ1) is 7.00. The van der Waals surface area contributed by atoms with Crippen molar-refractivity contribution in [3.8, 4) is 0 Å². The van der Waals surface area contributed by atoms with Gasteiger partial charge in [-0.15, -0.1) is 0 Å². The third-order valence-electron chi connectivity index (χ3n) is 2.11. The van der Waals surface area contributed by atoms with Crippen molar-refractivity contribution in [3.63, 3.8) is 0 Å². The fraction of sp³-hybridized carbons (Fsp3) is 0.273. The number of nitrogens with zero attached hydrogens (tertiary/aromatic N) is 1. The molecule has 4 heteroatoms. The fourth-order valence-electron chi connectivity index (χ4n) is 1.56. The van der Waals surface area contributed by atoms with Crippen LogP contribution in [0.1, 0.15) is 22.3 Å². The number of benzene rings is 1. The Hall–Kier alpha value is -1.84. The smallest absolute Gasteiger partial charge is 0.332 e. The summed E-state index contributed by atoms with van der Waals surface area (Å²) in [5.74, 6) is 0. The van der Waals surface area contributed by atoms with Crippen molar-refractivity contribution < 1.29 is 4.79 Å². The molecule has 0 atom stereocenters. The summed E-state index contributed by atoms with van der Waals surface area (Å²) in [6.45, 7) is 6.06. The average molecular weight is 205 g/mol. The maximum Gasteiger partial charge on any atom is 0.332 e. The van der Waals surface area contributed by atoms with Crippen LogP contribution in [0.15, 0.2) is 17.2 Å². The van der Waals surface area contributed by atoms with Crippen LogP contribution >= 0.6 is 0 Å². The summed E-state index contributed by atoms with van der Waals surface area (Å²) in [6.07, 6.45) is 1.61. The van der Waals surface area contributed by atoms with E-state index in [0.29, 0.717) is 0 Å². The fourth-order valence-corrected chi connectivity index (χ4v) is 1.56. The lowest BCUT2D eigenvalue weighted by atomic mass is 10.0. The zero-order valence-corrected chi connectivity index (χ0v) is 9.16. The van der Waals surface area contributed by atoms with Gasteiger partial charge in [0.2, 0.25) is 0 Å². The van der Waals surface area contributed by atoms with Crippen LogP contribution in [0.2, 0.25) is 0 Å². The molecule has 80 valence electrons. The molecule has 1 aromatic carbocycles. The van der Waals surface area contributed by atoms with Crippen LogP contribution < -0.4 is 11.2 Å². The van der Waals surface area contributed by atoms with Crippen molar-refractivity contribution >= 4 is 12.2 Å². The van der Waals surface area contributed by atoms with Crippen molar-refractivity contribution in [3.05, 3.63) is 34.4 Å². The van der Waals surface area contributed by atoms with E-state index in [9.17, 15) is 4.79 Å². The Bertz CT molecular complexity index is 387. The van der Waals surface area contributed by atoms with Gasteiger partial charge in [0.1, 0.15) is 0 Å². The van der Waals surface area contributed by atoms with E-state index >= 15 is 0 Å². The lowest BCUT2D eigenvalue weighted by Gasteiger charge is -2.06. The summed E-state index contributed by atoms with van der Waals surface area (Å²) < 4.78 is 0. The quantitative estimate of drug-likeness (QED) is 0.559. The summed E-state index contributed by atoms with van der Waals surface area (Å²) in [5, 5.41) is 3.74. The van der Waals surface area contributed by atoms with Gasteiger partial charge in [-0.3, -0.25) is 0 Å². The number of primary amides is 1. The van der Waals surface area contributed by atoms with Gasteiger partial charge >= 0.3 is 6.03 Å². The SMILES string of the molecule is Cc1cc(C)c(/C=N/NC(N)=O)c(C)c1. The van der Waals surface area contributed by atoms with Crippen molar-refractivity contribution in [2.24, 2.45) is 10.8 Å². The number of urea groups is 1. The average Bonchev–Trinajstić information content (AvgIpc) is 2.08. The minimum atomic E-state index is -0.659. The molecule has 0 saturated heterocycles. The second-order valence-electron chi connectivity index (χ2n) is 3.55. The summed E-state index contributed by atoms with van der Waals surface area (Å²) >= 11 is 0. The standard InChI is InChI=1S/C11H15N3O/c1-7-4-8(2)10(9(3)5-7)6-13-14-11(12)15/h4-6H,1-3H3,(H3,12,14,15)/b13-6+. The molecule has 0 aromatic heterocycles. The molecule has 0 saturated carbocycles. The summed E-state index contributed by atoms with van der Waals surface area (Å²) in [4.78, 5) is 10.4. The van der Waals surface area contributed by atoms with Crippen LogP contribution in [-0.4, -0.2) is 12.2 Å². The zero-order valence-electron chi connectivity index (χ0n) is 9.16. The number of amides is 2. The first-order valence-electron chi connectivity index (χ1n) is 4.67. The number of hydrogen-bond acceptors (Lipinski definition) is 2. The van der Waals surface area contributed by atoms with Crippen LogP contribution in [-0.2, 0) is 0 Å². The molecule has 3 N–H and O–H groups in total. The number of carbonyl (C=O) groups excluding carboxylic acids is 1. The highest BCUT2D eigenvalue weighted by Gasteiger charge is 2.00. The molecule has 1 aromatic rings. The van der Waals surface area contributed by atoms with Gasteiger partial charge in [0, 0.05) is 5.56 Å². The number of nitrogens with two attached hydrogens (primary N) is 1. The van der Waals surface area contributed by atoms with Crippen LogP contribution in [0.4, 0.5) is 4.79 Å². The highest BCUT2D eigenvalue weighted by molar-refractivity contribution is 5.85. The summed E-state index contributed by atoms with van der Waals surface area (Å²) in [5.41, 5.74) is 11.5. The molecular weight excluding hydrogens is 190 g/mol. The van der Waals surface area contributed by atoms with Crippen molar-refractivity contribution in [1.82, 2.24) is 5.43 Å². The van der Waals surface area contributed by atoms with E-state index in [4.69, 9.17) is 5.73 Å². The Morgan fingerprint density at radius 2 is 1.87 bits per heavy atom. The second-order valence-corrected chi connectivity index (χ2v) is 3.55. The van der Waals surface area contributed by atoms with E-state index in [0.717, 1.165) is 16.7 Å². The molecule has 0 fully saturated rings. The van der Waals surface area contributed by atoms with Crippen LogP contribution in [0.25, 0.3) is 0 Å². The van der Waals surface area contributed by atoms with Gasteiger partial charge in [-0.25, -0.2) is 10.2 Å².